The van der Waals surface area contributed by atoms with E-state index >= 15 is 0 Å². The van der Waals surface area contributed by atoms with Crippen LogP contribution in [0.3, 0.4) is 0 Å². The standard InChI is InChI=1S/C16H24N4/c1-11(2)7-12(9-17)8-16-19-14-10-18-6-5-15(14)20(16)13-3-4-13/h5-6,10-13H,3-4,7-9,17H2,1-2H3. The first kappa shape index (κ1) is 13.6. The Morgan fingerprint density at radius 3 is 2.85 bits per heavy atom. The van der Waals surface area contributed by atoms with Crippen LogP contribution in [0.25, 0.3) is 11.0 Å². The van der Waals surface area contributed by atoms with Gasteiger partial charge in [0.15, 0.2) is 0 Å². The number of aromatic nitrogens is 3. The molecule has 0 bridgehead atoms. The van der Waals surface area contributed by atoms with Crippen molar-refractivity contribution >= 4 is 11.0 Å². The predicted octanol–water partition coefficient (Wildman–Crippen LogP) is 2.93. The van der Waals surface area contributed by atoms with E-state index < -0.39 is 0 Å². The Morgan fingerprint density at radius 2 is 2.20 bits per heavy atom. The van der Waals surface area contributed by atoms with Crippen LogP contribution in [0.4, 0.5) is 0 Å². The molecule has 1 saturated carbocycles. The molecule has 0 aliphatic heterocycles. The monoisotopic (exact) mass is 272 g/mol. The first-order chi connectivity index (χ1) is 9.69. The Hall–Kier alpha value is -1.42. The molecule has 2 aromatic rings. The van der Waals surface area contributed by atoms with Gasteiger partial charge in [-0.25, -0.2) is 4.98 Å². The van der Waals surface area contributed by atoms with Gasteiger partial charge in [0.05, 0.1) is 11.7 Å². The van der Waals surface area contributed by atoms with Crippen LogP contribution in [0.15, 0.2) is 18.5 Å². The Morgan fingerprint density at radius 1 is 1.40 bits per heavy atom. The third-order valence-electron chi connectivity index (χ3n) is 4.09. The van der Waals surface area contributed by atoms with Gasteiger partial charge in [-0.05, 0) is 43.7 Å². The molecule has 20 heavy (non-hydrogen) atoms. The molecule has 3 rings (SSSR count). The molecule has 108 valence electrons. The topological polar surface area (TPSA) is 56.7 Å². The van der Waals surface area contributed by atoms with Gasteiger partial charge in [0, 0.05) is 18.7 Å². The quantitative estimate of drug-likeness (QED) is 0.879. The fraction of sp³-hybridized carbons (Fsp3) is 0.625. The van der Waals surface area contributed by atoms with Crippen LogP contribution in [0.2, 0.25) is 0 Å². The number of hydrogen-bond donors (Lipinski definition) is 1. The lowest BCUT2D eigenvalue weighted by Crippen LogP contribution is -2.20. The van der Waals surface area contributed by atoms with Crippen LogP contribution in [0.1, 0.15) is 45.0 Å². The zero-order valence-corrected chi connectivity index (χ0v) is 12.4. The molecule has 0 radical (unpaired) electrons. The number of rotatable bonds is 6. The van der Waals surface area contributed by atoms with Crippen molar-refractivity contribution < 1.29 is 0 Å². The zero-order valence-electron chi connectivity index (χ0n) is 12.4. The number of pyridine rings is 1. The number of hydrogen-bond acceptors (Lipinski definition) is 3. The normalized spacial score (nSPS) is 17.0. The summed E-state index contributed by atoms with van der Waals surface area (Å²) in [5.74, 6) is 2.41. The summed E-state index contributed by atoms with van der Waals surface area (Å²) in [6.45, 7) is 5.26. The second kappa shape index (κ2) is 5.52. The Bertz CT molecular complexity index is 583. The van der Waals surface area contributed by atoms with E-state index in [4.69, 9.17) is 10.7 Å². The summed E-state index contributed by atoms with van der Waals surface area (Å²) in [5, 5.41) is 0. The summed E-state index contributed by atoms with van der Waals surface area (Å²) >= 11 is 0. The van der Waals surface area contributed by atoms with Gasteiger partial charge in [0.1, 0.15) is 11.3 Å². The number of fused-ring (bicyclic) bond motifs is 1. The minimum absolute atomic E-state index is 0.525. The summed E-state index contributed by atoms with van der Waals surface area (Å²) in [5.41, 5.74) is 8.21. The molecule has 0 saturated heterocycles. The molecule has 0 aromatic carbocycles. The van der Waals surface area contributed by atoms with Crippen molar-refractivity contribution in [1.29, 1.82) is 0 Å². The van der Waals surface area contributed by atoms with E-state index in [2.05, 4.69) is 29.5 Å². The van der Waals surface area contributed by atoms with Crippen LogP contribution in [-0.2, 0) is 6.42 Å². The fourth-order valence-corrected chi connectivity index (χ4v) is 3.07. The Kier molecular flexibility index (Phi) is 3.74. The van der Waals surface area contributed by atoms with E-state index in [9.17, 15) is 0 Å². The second-order valence-electron chi connectivity index (χ2n) is 6.43. The molecule has 2 heterocycles. The maximum Gasteiger partial charge on any atom is 0.110 e. The van der Waals surface area contributed by atoms with E-state index in [0.717, 1.165) is 18.5 Å². The van der Waals surface area contributed by atoms with E-state index in [1.807, 2.05) is 12.4 Å². The van der Waals surface area contributed by atoms with Crippen molar-refractivity contribution in [3.05, 3.63) is 24.3 Å². The van der Waals surface area contributed by atoms with Crippen LogP contribution < -0.4 is 5.73 Å². The van der Waals surface area contributed by atoms with Gasteiger partial charge in [0.25, 0.3) is 0 Å². The lowest BCUT2D eigenvalue weighted by atomic mass is 9.94. The van der Waals surface area contributed by atoms with E-state index in [0.29, 0.717) is 17.9 Å². The molecule has 0 amide bonds. The third-order valence-corrected chi connectivity index (χ3v) is 4.09. The molecule has 4 heteroatoms. The molecular formula is C16H24N4. The number of nitrogens with two attached hydrogens (primary N) is 1. The maximum absolute atomic E-state index is 5.96. The van der Waals surface area contributed by atoms with Crippen LogP contribution in [0, 0.1) is 11.8 Å². The largest absolute Gasteiger partial charge is 0.330 e. The molecule has 1 atom stereocenters. The average molecular weight is 272 g/mol. The number of imidazole rings is 1. The SMILES string of the molecule is CC(C)CC(CN)Cc1nc2cnccc2n1C1CC1. The maximum atomic E-state index is 5.96. The van der Waals surface area contributed by atoms with E-state index in [1.165, 1.54) is 30.6 Å². The minimum atomic E-state index is 0.525. The molecule has 4 nitrogen and oxygen atoms in total. The van der Waals surface area contributed by atoms with Gasteiger partial charge in [-0.2, -0.15) is 0 Å². The minimum Gasteiger partial charge on any atom is -0.330 e. The van der Waals surface area contributed by atoms with Crippen LogP contribution >= 0.6 is 0 Å². The Balaban J connectivity index is 1.92. The van der Waals surface area contributed by atoms with Crippen molar-refractivity contribution in [2.75, 3.05) is 6.54 Å². The van der Waals surface area contributed by atoms with Crippen molar-refractivity contribution in [2.24, 2.45) is 17.6 Å². The highest BCUT2D eigenvalue weighted by Gasteiger charge is 2.28. The summed E-state index contributed by atoms with van der Waals surface area (Å²) < 4.78 is 2.43. The molecule has 1 unspecified atom stereocenters. The Labute approximate surface area is 120 Å². The van der Waals surface area contributed by atoms with Gasteiger partial charge in [-0.15, -0.1) is 0 Å². The first-order valence-electron chi connectivity index (χ1n) is 7.70. The zero-order chi connectivity index (χ0) is 14.1. The summed E-state index contributed by atoms with van der Waals surface area (Å²) in [4.78, 5) is 9.01. The fourth-order valence-electron chi connectivity index (χ4n) is 3.07. The smallest absolute Gasteiger partial charge is 0.110 e. The molecule has 2 aromatic heterocycles. The van der Waals surface area contributed by atoms with Crippen molar-refractivity contribution in [3.8, 4) is 0 Å². The molecule has 1 fully saturated rings. The lowest BCUT2D eigenvalue weighted by molar-refractivity contribution is 0.403. The average Bonchev–Trinajstić information content (AvgIpc) is 3.19. The van der Waals surface area contributed by atoms with Gasteiger partial charge < -0.3 is 10.3 Å². The van der Waals surface area contributed by atoms with Gasteiger partial charge >= 0.3 is 0 Å². The van der Waals surface area contributed by atoms with Crippen molar-refractivity contribution in [1.82, 2.24) is 14.5 Å². The molecular weight excluding hydrogens is 248 g/mol. The summed E-state index contributed by atoms with van der Waals surface area (Å²) in [6, 6.07) is 2.74. The van der Waals surface area contributed by atoms with Crippen LogP contribution in [-0.4, -0.2) is 21.1 Å². The van der Waals surface area contributed by atoms with Crippen molar-refractivity contribution in [2.45, 2.75) is 45.6 Å². The summed E-state index contributed by atoms with van der Waals surface area (Å²) in [7, 11) is 0. The predicted molar refractivity (Wildman–Crippen MR) is 81.5 cm³/mol. The molecule has 2 N–H and O–H groups in total. The number of nitrogens with zero attached hydrogens (tertiary/aromatic N) is 3. The highest BCUT2D eigenvalue weighted by Crippen LogP contribution is 2.39. The van der Waals surface area contributed by atoms with E-state index in [-0.39, 0.29) is 0 Å². The van der Waals surface area contributed by atoms with Gasteiger partial charge in [-0.3, -0.25) is 4.98 Å². The van der Waals surface area contributed by atoms with Crippen LogP contribution in [0.5, 0.6) is 0 Å². The van der Waals surface area contributed by atoms with E-state index in [1.54, 1.807) is 0 Å². The summed E-state index contributed by atoms with van der Waals surface area (Å²) in [6.07, 6.45) is 8.44. The van der Waals surface area contributed by atoms with Crippen molar-refractivity contribution in [3.63, 3.8) is 0 Å². The first-order valence-corrected chi connectivity index (χ1v) is 7.70. The third kappa shape index (κ3) is 2.70. The molecule has 1 aliphatic rings. The molecule has 1 aliphatic carbocycles. The van der Waals surface area contributed by atoms with Gasteiger partial charge in [0.2, 0.25) is 0 Å². The molecule has 0 spiro atoms. The highest BCUT2D eigenvalue weighted by molar-refractivity contribution is 5.75. The van der Waals surface area contributed by atoms with Gasteiger partial charge in [-0.1, -0.05) is 13.8 Å². The second-order valence-corrected chi connectivity index (χ2v) is 6.43. The lowest BCUT2D eigenvalue weighted by Gasteiger charge is -2.17. The highest BCUT2D eigenvalue weighted by atomic mass is 15.1.